The van der Waals surface area contributed by atoms with Gasteiger partial charge in [0.1, 0.15) is 12.4 Å². The first-order chi connectivity index (χ1) is 24.8. The second-order valence-corrected chi connectivity index (χ2v) is 12.0. The fraction of sp³-hybridized carbons (Fsp3) is 0.325. The number of benzene rings is 4. The number of nitrogens with one attached hydrogen (secondary N) is 3. The summed E-state index contributed by atoms with van der Waals surface area (Å²) in [6.07, 6.45) is 3.26. The third-order valence-electron chi connectivity index (χ3n) is 7.89. The molecule has 0 aliphatic rings. The number of hydrogen-bond acceptors (Lipinski definition) is 9. The number of esters is 1. The number of phenolic OH excluding ortho intramolecular Hbond substituents is 1. The minimum Gasteiger partial charge on any atom is -0.508 e. The average molecular weight is 698 g/mol. The van der Waals surface area contributed by atoms with Crippen molar-refractivity contribution in [1.82, 2.24) is 5.32 Å². The third-order valence-corrected chi connectivity index (χ3v) is 7.89. The molecule has 0 fully saturated rings. The summed E-state index contributed by atoms with van der Waals surface area (Å²) < 4.78 is 16.4. The van der Waals surface area contributed by atoms with Crippen LogP contribution >= 0.6 is 0 Å². The van der Waals surface area contributed by atoms with Crippen molar-refractivity contribution in [3.8, 4) is 5.75 Å². The molecular weight excluding hydrogens is 650 g/mol. The van der Waals surface area contributed by atoms with E-state index in [1.54, 1.807) is 60.7 Å². The molecule has 0 unspecified atom stereocenters. The normalized spacial score (nSPS) is 11.5. The SMILES string of the molecule is CC(=O)OCc1cc([C@@H](O)CNCCCCCCOCCOCc2cccc(NC(=O)c3cccc(NC(=O)c4ccccc4)c3)c2)ccc1O. The van der Waals surface area contributed by atoms with Crippen molar-refractivity contribution in [2.75, 3.05) is 43.5 Å². The second-order valence-electron chi connectivity index (χ2n) is 12.0. The van der Waals surface area contributed by atoms with Crippen LogP contribution in [0.15, 0.2) is 97.1 Å². The first-order valence-electron chi connectivity index (χ1n) is 17.1. The lowest BCUT2D eigenvalue weighted by Gasteiger charge is -2.14. The molecule has 4 aromatic carbocycles. The summed E-state index contributed by atoms with van der Waals surface area (Å²) in [7, 11) is 0. The van der Waals surface area contributed by atoms with E-state index in [2.05, 4.69) is 16.0 Å². The van der Waals surface area contributed by atoms with Gasteiger partial charge in [0.05, 0.1) is 25.9 Å². The van der Waals surface area contributed by atoms with Gasteiger partial charge < -0.3 is 40.4 Å². The van der Waals surface area contributed by atoms with E-state index in [0.29, 0.717) is 66.6 Å². The minimum absolute atomic E-state index is 0.0237. The molecule has 0 bridgehead atoms. The second kappa shape index (κ2) is 21.2. The van der Waals surface area contributed by atoms with Gasteiger partial charge in [-0.25, -0.2) is 0 Å². The van der Waals surface area contributed by atoms with Crippen LogP contribution in [0.5, 0.6) is 5.75 Å². The Balaban J connectivity index is 1.03. The van der Waals surface area contributed by atoms with Gasteiger partial charge in [-0.05, 0) is 85.1 Å². The van der Waals surface area contributed by atoms with E-state index in [-0.39, 0.29) is 24.2 Å². The zero-order valence-electron chi connectivity index (χ0n) is 28.9. The molecule has 0 saturated heterocycles. The highest BCUT2D eigenvalue weighted by Crippen LogP contribution is 2.23. The largest absolute Gasteiger partial charge is 0.508 e. The Morgan fingerprint density at radius 3 is 2.16 bits per heavy atom. The van der Waals surface area contributed by atoms with Crippen molar-refractivity contribution in [3.05, 3.63) is 125 Å². The Kier molecular flexibility index (Phi) is 16.1. The lowest BCUT2D eigenvalue weighted by Crippen LogP contribution is -2.22. The van der Waals surface area contributed by atoms with Crippen LogP contribution in [0.3, 0.4) is 0 Å². The Morgan fingerprint density at radius 1 is 0.686 bits per heavy atom. The third kappa shape index (κ3) is 14.0. The lowest BCUT2D eigenvalue weighted by molar-refractivity contribution is -0.142. The van der Waals surface area contributed by atoms with Crippen LogP contribution in [-0.4, -0.2) is 60.9 Å². The number of unbranched alkanes of at least 4 members (excludes halogenated alkanes) is 3. The highest BCUT2D eigenvalue weighted by molar-refractivity contribution is 6.07. The molecular formula is C40H47N3O8. The van der Waals surface area contributed by atoms with Crippen LogP contribution in [-0.2, 0) is 32.2 Å². The van der Waals surface area contributed by atoms with Crippen LogP contribution in [0, 0.1) is 0 Å². The van der Waals surface area contributed by atoms with E-state index in [9.17, 15) is 24.6 Å². The van der Waals surface area contributed by atoms with Crippen molar-refractivity contribution in [2.24, 2.45) is 0 Å². The maximum atomic E-state index is 12.9. The van der Waals surface area contributed by atoms with Crippen molar-refractivity contribution in [2.45, 2.75) is 51.9 Å². The number of aliphatic hydroxyl groups is 1. The average Bonchev–Trinajstić information content (AvgIpc) is 3.13. The first-order valence-corrected chi connectivity index (χ1v) is 17.1. The van der Waals surface area contributed by atoms with Crippen molar-refractivity contribution in [3.63, 3.8) is 0 Å². The zero-order valence-corrected chi connectivity index (χ0v) is 28.9. The van der Waals surface area contributed by atoms with Gasteiger partial charge in [0.2, 0.25) is 0 Å². The fourth-order valence-corrected chi connectivity index (χ4v) is 5.16. The van der Waals surface area contributed by atoms with Gasteiger partial charge in [-0.1, -0.05) is 55.3 Å². The van der Waals surface area contributed by atoms with Crippen LogP contribution < -0.4 is 16.0 Å². The fourth-order valence-electron chi connectivity index (χ4n) is 5.16. The molecule has 270 valence electrons. The predicted molar refractivity (Wildman–Crippen MR) is 196 cm³/mol. The maximum absolute atomic E-state index is 12.9. The molecule has 2 amide bonds. The van der Waals surface area contributed by atoms with Gasteiger partial charge in [-0.15, -0.1) is 0 Å². The summed E-state index contributed by atoms with van der Waals surface area (Å²) >= 11 is 0. The van der Waals surface area contributed by atoms with Crippen LogP contribution in [0.25, 0.3) is 0 Å². The molecule has 0 spiro atoms. The molecule has 0 aliphatic carbocycles. The van der Waals surface area contributed by atoms with Gasteiger partial charge in [0, 0.05) is 48.1 Å². The molecule has 0 heterocycles. The smallest absolute Gasteiger partial charge is 0.302 e. The first kappa shape index (κ1) is 38.7. The summed E-state index contributed by atoms with van der Waals surface area (Å²) in [6, 6.07) is 28.0. The monoisotopic (exact) mass is 697 g/mol. The summed E-state index contributed by atoms with van der Waals surface area (Å²) in [6.45, 7) is 4.41. The molecule has 0 aliphatic heterocycles. The number of carbonyl (C=O) groups excluding carboxylic acids is 3. The number of ether oxygens (including phenoxy) is 3. The van der Waals surface area contributed by atoms with Crippen molar-refractivity contribution >= 4 is 29.2 Å². The number of phenols is 1. The number of hydrogen-bond donors (Lipinski definition) is 5. The van der Waals surface area contributed by atoms with Gasteiger partial charge in [0.15, 0.2) is 0 Å². The number of aromatic hydroxyl groups is 1. The van der Waals surface area contributed by atoms with E-state index >= 15 is 0 Å². The number of carbonyl (C=O) groups is 3. The number of aliphatic hydroxyl groups excluding tert-OH is 1. The summed E-state index contributed by atoms with van der Waals surface area (Å²) in [4.78, 5) is 36.5. The molecule has 0 saturated carbocycles. The predicted octanol–water partition coefficient (Wildman–Crippen LogP) is 6.38. The molecule has 51 heavy (non-hydrogen) atoms. The van der Waals surface area contributed by atoms with E-state index < -0.39 is 12.1 Å². The Morgan fingerprint density at radius 2 is 1.37 bits per heavy atom. The van der Waals surface area contributed by atoms with E-state index in [0.717, 1.165) is 37.8 Å². The van der Waals surface area contributed by atoms with Crippen LogP contribution in [0.2, 0.25) is 0 Å². The van der Waals surface area contributed by atoms with Crippen molar-refractivity contribution in [1.29, 1.82) is 0 Å². The summed E-state index contributed by atoms with van der Waals surface area (Å²) in [5, 5.41) is 29.4. The topological polar surface area (TPSA) is 155 Å². The number of rotatable bonds is 21. The summed E-state index contributed by atoms with van der Waals surface area (Å²) in [5.74, 6) is -0.941. The Bertz CT molecular complexity index is 1700. The van der Waals surface area contributed by atoms with Gasteiger partial charge >= 0.3 is 5.97 Å². The number of anilines is 2. The van der Waals surface area contributed by atoms with E-state index in [4.69, 9.17) is 14.2 Å². The standard InChI is InChI=1S/C40H47N3O8/c1-29(44)51-28-34-24-32(17-18-37(34)45)38(46)26-41-19-7-2-3-8-20-49-21-22-50-27-30-11-9-15-35(23-30)42-40(48)33-14-10-16-36(25-33)43-39(47)31-12-5-4-6-13-31/h4-6,9-18,23-25,38,41,45-46H,2-3,7-8,19-22,26-28H2,1H3,(H,42,48)(H,43,47)/t38-/m0/s1. The lowest BCUT2D eigenvalue weighted by atomic mass is 10.1. The molecule has 11 nitrogen and oxygen atoms in total. The van der Waals surface area contributed by atoms with Gasteiger partial charge in [0.25, 0.3) is 11.8 Å². The molecule has 4 rings (SSSR count). The minimum atomic E-state index is -0.737. The van der Waals surface area contributed by atoms with E-state index in [1.807, 2.05) is 30.3 Å². The van der Waals surface area contributed by atoms with Gasteiger partial charge in [-0.2, -0.15) is 0 Å². The molecule has 0 radical (unpaired) electrons. The molecule has 5 N–H and O–H groups in total. The quantitative estimate of drug-likeness (QED) is 0.0493. The van der Waals surface area contributed by atoms with Gasteiger partial charge in [-0.3, -0.25) is 14.4 Å². The molecule has 1 atom stereocenters. The van der Waals surface area contributed by atoms with Crippen LogP contribution in [0.4, 0.5) is 11.4 Å². The summed E-state index contributed by atoms with van der Waals surface area (Å²) in [5.41, 5.74) is 4.16. The highest BCUT2D eigenvalue weighted by Gasteiger charge is 2.12. The molecule has 11 heteroatoms. The number of amides is 2. The Hall–Kier alpha value is -5.07. The Labute approximate surface area is 299 Å². The van der Waals surface area contributed by atoms with Crippen molar-refractivity contribution < 1.29 is 38.8 Å². The highest BCUT2D eigenvalue weighted by atomic mass is 16.5. The van der Waals surface area contributed by atoms with Crippen LogP contribution in [0.1, 0.15) is 76.1 Å². The maximum Gasteiger partial charge on any atom is 0.302 e. The zero-order chi connectivity index (χ0) is 36.3. The van der Waals surface area contributed by atoms with E-state index in [1.165, 1.54) is 13.0 Å². The molecule has 4 aromatic rings. The molecule has 0 aromatic heterocycles.